The Morgan fingerprint density at radius 3 is 2.73 bits per heavy atom. The molecule has 146 valence electrons. The maximum Gasteiger partial charge on any atom is 0.0813 e. The molecule has 0 fully saturated rings. The summed E-state index contributed by atoms with van der Waals surface area (Å²) in [5, 5.41) is 15.6. The monoisotopic (exact) mass is 362 g/mol. The van der Waals surface area contributed by atoms with Gasteiger partial charge in [0.2, 0.25) is 0 Å². The van der Waals surface area contributed by atoms with Gasteiger partial charge in [0.05, 0.1) is 17.8 Å². The molecule has 1 heterocycles. The summed E-state index contributed by atoms with van der Waals surface area (Å²) in [6.07, 6.45) is 3.92. The number of fused-ring (bicyclic) bond motifs is 1. The number of aryl methyl sites for hydroxylation is 1. The second-order valence-electron chi connectivity index (χ2n) is 7.52. The zero-order valence-corrected chi connectivity index (χ0v) is 16.3. The van der Waals surface area contributed by atoms with Gasteiger partial charge in [-0.2, -0.15) is 5.10 Å². The van der Waals surface area contributed by atoms with Crippen LogP contribution in [0.4, 0.5) is 0 Å². The normalized spacial score (nSPS) is 15.5. The minimum Gasteiger partial charge on any atom is -0.390 e. The molecule has 0 saturated carbocycles. The second kappa shape index (κ2) is 10.0. The van der Waals surface area contributed by atoms with Crippen LogP contribution < -0.4 is 11.5 Å². The molecular weight excluding hydrogens is 328 g/mol. The van der Waals surface area contributed by atoms with Crippen molar-refractivity contribution < 1.29 is 9.84 Å². The molecule has 6 nitrogen and oxygen atoms in total. The number of benzene rings is 1. The minimum atomic E-state index is -0.638. The molecule has 0 unspecified atom stereocenters. The van der Waals surface area contributed by atoms with Crippen molar-refractivity contribution in [1.29, 1.82) is 0 Å². The first kappa shape index (κ1) is 20.8. The van der Waals surface area contributed by atoms with E-state index in [0.717, 1.165) is 43.3 Å². The van der Waals surface area contributed by atoms with Gasteiger partial charge in [0.25, 0.3) is 0 Å². The third-order valence-electron chi connectivity index (χ3n) is 5.18. The van der Waals surface area contributed by atoms with Crippen LogP contribution in [-0.2, 0) is 17.7 Å². The van der Waals surface area contributed by atoms with Crippen LogP contribution in [0.15, 0.2) is 24.4 Å². The van der Waals surface area contributed by atoms with Crippen LogP contribution >= 0.6 is 0 Å². The van der Waals surface area contributed by atoms with Gasteiger partial charge in [0.15, 0.2) is 0 Å². The smallest absolute Gasteiger partial charge is 0.0813 e. The van der Waals surface area contributed by atoms with Gasteiger partial charge >= 0.3 is 0 Å². The first-order chi connectivity index (χ1) is 12.5. The topological polar surface area (TPSA) is 99.3 Å². The zero-order chi connectivity index (χ0) is 19.1. The molecule has 6 heteroatoms. The fourth-order valence-corrected chi connectivity index (χ4v) is 3.36. The molecule has 0 bridgehead atoms. The average Bonchev–Trinajstić information content (AvgIpc) is 3.03. The molecule has 0 amide bonds. The number of methoxy groups -OCH3 is 1. The first-order valence-electron chi connectivity index (χ1n) is 9.53. The number of aliphatic hydroxyl groups excluding tert-OH is 1. The highest BCUT2D eigenvalue weighted by molar-refractivity contribution is 5.79. The molecule has 5 N–H and O–H groups in total. The van der Waals surface area contributed by atoms with E-state index in [4.69, 9.17) is 16.2 Å². The number of nitrogens with two attached hydrogens (primary N) is 2. The number of ether oxygens (including phenoxy) is 1. The van der Waals surface area contributed by atoms with E-state index in [0.29, 0.717) is 11.8 Å². The Kier molecular flexibility index (Phi) is 8.03. The maximum absolute atomic E-state index is 9.90. The Bertz CT molecular complexity index is 671. The summed E-state index contributed by atoms with van der Waals surface area (Å²) in [7, 11) is 1.72. The van der Waals surface area contributed by atoms with Crippen molar-refractivity contribution in [2.24, 2.45) is 23.3 Å². The Morgan fingerprint density at radius 2 is 2.08 bits per heavy atom. The average molecular weight is 363 g/mol. The lowest BCUT2D eigenvalue weighted by molar-refractivity contribution is 0.133. The van der Waals surface area contributed by atoms with E-state index in [2.05, 4.69) is 37.1 Å². The predicted octanol–water partition coefficient (Wildman–Crippen LogP) is 1.92. The maximum atomic E-state index is 9.90. The lowest BCUT2D eigenvalue weighted by Gasteiger charge is -2.26. The van der Waals surface area contributed by atoms with Crippen molar-refractivity contribution in [3.05, 3.63) is 30.0 Å². The fraction of sp³-hybridized carbons (Fsp3) is 0.650. The molecule has 0 saturated heterocycles. The molecular formula is C20H34N4O2. The molecule has 0 radical (unpaired) electrons. The van der Waals surface area contributed by atoms with E-state index in [9.17, 15) is 5.11 Å². The van der Waals surface area contributed by atoms with Gasteiger partial charge in [0.1, 0.15) is 0 Å². The van der Waals surface area contributed by atoms with Crippen LogP contribution in [-0.4, -0.2) is 47.3 Å². The van der Waals surface area contributed by atoms with Crippen molar-refractivity contribution in [1.82, 2.24) is 9.78 Å². The van der Waals surface area contributed by atoms with E-state index in [1.807, 2.05) is 10.9 Å². The van der Waals surface area contributed by atoms with E-state index < -0.39 is 6.10 Å². The highest BCUT2D eigenvalue weighted by atomic mass is 16.5. The first-order valence-corrected chi connectivity index (χ1v) is 9.53. The van der Waals surface area contributed by atoms with Crippen molar-refractivity contribution >= 4 is 10.9 Å². The molecule has 2 rings (SSSR count). The van der Waals surface area contributed by atoms with Gasteiger partial charge in [-0.3, -0.25) is 4.68 Å². The lowest BCUT2D eigenvalue weighted by Crippen LogP contribution is -2.42. The Labute approximate surface area is 156 Å². The van der Waals surface area contributed by atoms with Gasteiger partial charge in [-0.15, -0.1) is 0 Å². The van der Waals surface area contributed by atoms with E-state index >= 15 is 0 Å². The summed E-state index contributed by atoms with van der Waals surface area (Å²) < 4.78 is 7.19. The highest BCUT2D eigenvalue weighted by Gasteiger charge is 2.22. The van der Waals surface area contributed by atoms with Gasteiger partial charge in [-0.05, 0) is 42.7 Å². The summed E-state index contributed by atoms with van der Waals surface area (Å²) in [6.45, 7) is 6.21. The van der Waals surface area contributed by atoms with Crippen molar-refractivity contribution in [3.8, 4) is 0 Å². The van der Waals surface area contributed by atoms with Crippen LogP contribution in [0, 0.1) is 11.8 Å². The van der Waals surface area contributed by atoms with Crippen LogP contribution in [0.1, 0.15) is 32.3 Å². The molecule has 3 atom stereocenters. The number of hydrogen-bond donors (Lipinski definition) is 3. The largest absolute Gasteiger partial charge is 0.390 e. The third-order valence-corrected chi connectivity index (χ3v) is 5.18. The number of rotatable bonds is 11. The Balaban J connectivity index is 2.12. The van der Waals surface area contributed by atoms with Crippen molar-refractivity contribution in [2.45, 2.75) is 51.8 Å². The molecule has 0 aliphatic heterocycles. The summed E-state index contributed by atoms with van der Waals surface area (Å²) >= 11 is 0. The molecule has 1 aromatic heterocycles. The van der Waals surface area contributed by atoms with E-state index in [1.165, 1.54) is 5.56 Å². The number of nitrogens with zero attached hydrogens (tertiary/aromatic N) is 2. The minimum absolute atomic E-state index is 0.207. The van der Waals surface area contributed by atoms with Crippen LogP contribution in [0.5, 0.6) is 0 Å². The number of aliphatic hydroxyl groups is 1. The lowest BCUT2D eigenvalue weighted by atomic mass is 9.83. The van der Waals surface area contributed by atoms with E-state index in [-0.39, 0.29) is 12.6 Å². The number of aromatic nitrogens is 2. The Morgan fingerprint density at radius 1 is 1.31 bits per heavy atom. The van der Waals surface area contributed by atoms with Gasteiger partial charge in [-0.1, -0.05) is 26.0 Å². The third kappa shape index (κ3) is 5.51. The molecule has 0 spiro atoms. The number of hydrogen-bond acceptors (Lipinski definition) is 5. The summed E-state index contributed by atoms with van der Waals surface area (Å²) in [6, 6.07) is 6.26. The molecule has 1 aromatic carbocycles. The molecule has 2 aromatic rings. The predicted molar refractivity (Wildman–Crippen MR) is 106 cm³/mol. The molecule has 0 aliphatic rings. The SMILES string of the molecule is COCCCn1ncc2ccc(C[C@@H](C[C@H](N)[C@@H](O)CN)C(C)C)cc21. The highest BCUT2D eigenvalue weighted by Crippen LogP contribution is 2.25. The fourth-order valence-electron chi connectivity index (χ4n) is 3.36. The zero-order valence-electron chi connectivity index (χ0n) is 16.3. The summed E-state index contributed by atoms with van der Waals surface area (Å²) in [5.41, 5.74) is 14.1. The molecule has 26 heavy (non-hydrogen) atoms. The standard InChI is InChI=1S/C20H34N4O2/c1-14(2)17(11-18(22)20(25)12-21)9-15-5-6-16-13-23-24(19(16)10-15)7-4-8-26-3/h5-6,10,13-14,17-18,20,25H,4,7-9,11-12,21-22H2,1-3H3/t17-,18-,20-/m0/s1. The van der Waals surface area contributed by atoms with Crippen LogP contribution in [0.3, 0.4) is 0 Å². The quantitative estimate of drug-likeness (QED) is 0.530. The van der Waals surface area contributed by atoms with Gasteiger partial charge < -0.3 is 21.3 Å². The van der Waals surface area contributed by atoms with Gasteiger partial charge in [-0.25, -0.2) is 0 Å². The molecule has 0 aliphatic carbocycles. The summed E-state index contributed by atoms with van der Waals surface area (Å²) in [5.74, 6) is 0.877. The summed E-state index contributed by atoms with van der Waals surface area (Å²) in [4.78, 5) is 0. The van der Waals surface area contributed by atoms with E-state index in [1.54, 1.807) is 7.11 Å². The van der Waals surface area contributed by atoms with Crippen LogP contribution in [0.25, 0.3) is 10.9 Å². The second-order valence-corrected chi connectivity index (χ2v) is 7.52. The van der Waals surface area contributed by atoms with Crippen molar-refractivity contribution in [2.75, 3.05) is 20.3 Å². The van der Waals surface area contributed by atoms with Crippen molar-refractivity contribution in [3.63, 3.8) is 0 Å². The Hall–Kier alpha value is -1.47. The van der Waals surface area contributed by atoms with Crippen LogP contribution in [0.2, 0.25) is 0 Å². The van der Waals surface area contributed by atoms with Gasteiger partial charge in [0, 0.05) is 38.2 Å².